The molecule has 2 aliphatic heterocycles. The van der Waals surface area contributed by atoms with Crippen molar-refractivity contribution in [2.45, 2.75) is 13.0 Å². The zero-order valence-corrected chi connectivity index (χ0v) is 13.8. The molecule has 1 fully saturated rings. The molecule has 4 rings (SSSR count). The number of benzene rings is 1. The zero-order chi connectivity index (χ0) is 17.2. The zero-order valence-electron chi connectivity index (χ0n) is 13.8. The van der Waals surface area contributed by atoms with Crippen LogP contribution in [0.25, 0.3) is 11.4 Å². The quantitative estimate of drug-likeness (QED) is 0.668. The molecule has 8 heteroatoms. The number of morpholine rings is 1. The lowest BCUT2D eigenvalue weighted by Crippen LogP contribution is -2.39. The van der Waals surface area contributed by atoms with Crippen molar-refractivity contribution in [2.24, 2.45) is 0 Å². The molecule has 0 unspecified atom stereocenters. The Morgan fingerprint density at radius 3 is 2.64 bits per heavy atom. The van der Waals surface area contributed by atoms with Gasteiger partial charge in [-0.05, 0) is 25.1 Å². The van der Waals surface area contributed by atoms with Gasteiger partial charge in [-0.1, -0.05) is 0 Å². The molecule has 0 amide bonds. The summed E-state index contributed by atoms with van der Waals surface area (Å²) in [7, 11) is 0. The number of fused-ring (bicyclic) bond motifs is 1. The smallest absolute Gasteiger partial charge is 0.269 e. The number of aromatic nitrogens is 2. The van der Waals surface area contributed by atoms with Gasteiger partial charge in [0, 0.05) is 42.9 Å². The molecule has 0 atom stereocenters. The molecule has 0 saturated carbocycles. The molecule has 0 radical (unpaired) electrons. The van der Waals surface area contributed by atoms with Crippen LogP contribution in [0.5, 0.6) is 0 Å². The molecule has 2 aromatic rings. The highest BCUT2D eigenvalue weighted by Crippen LogP contribution is 2.28. The Bertz CT molecular complexity index is 788. The maximum atomic E-state index is 10.8. The van der Waals surface area contributed by atoms with Crippen LogP contribution in [0.15, 0.2) is 24.3 Å². The number of anilines is 1. The van der Waals surface area contributed by atoms with E-state index in [9.17, 15) is 10.1 Å². The van der Waals surface area contributed by atoms with Crippen molar-refractivity contribution >= 4 is 11.5 Å². The van der Waals surface area contributed by atoms with Gasteiger partial charge in [-0.25, -0.2) is 9.97 Å². The molecular formula is C17H19N5O3. The SMILES string of the molecule is O=[N+]([O-])c1ccc(-c2nc3c(c(N4CCOCC4)n2)CCNC3)cc1. The highest BCUT2D eigenvalue weighted by Gasteiger charge is 2.23. The van der Waals surface area contributed by atoms with Gasteiger partial charge < -0.3 is 15.0 Å². The largest absolute Gasteiger partial charge is 0.378 e. The molecule has 0 bridgehead atoms. The first-order valence-corrected chi connectivity index (χ1v) is 8.40. The fourth-order valence-electron chi connectivity index (χ4n) is 3.24. The van der Waals surface area contributed by atoms with Crippen LogP contribution in [0.2, 0.25) is 0 Å². The van der Waals surface area contributed by atoms with Gasteiger partial charge in [-0.15, -0.1) is 0 Å². The standard InChI is InChI=1S/C17H19N5O3/c23-22(24)13-3-1-12(2-4-13)16-19-15-11-18-6-5-14(15)17(20-16)21-7-9-25-10-8-21/h1-4,18H,5-11H2. The number of hydrogen-bond donors (Lipinski definition) is 1. The Morgan fingerprint density at radius 2 is 1.92 bits per heavy atom. The third-order valence-electron chi connectivity index (χ3n) is 4.56. The molecule has 1 saturated heterocycles. The number of non-ortho nitro benzene ring substituents is 1. The number of nitro benzene ring substituents is 1. The number of nitrogens with one attached hydrogen (secondary N) is 1. The summed E-state index contributed by atoms with van der Waals surface area (Å²) < 4.78 is 5.45. The van der Waals surface area contributed by atoms with E-state index in [-0.39, 0.29) is 5.69 Å². The first-order chi connectivity index (χ1) is 12.2. The summed E-state index contributed by atoms with van der Waals surface area (Å²) in [5.74, 6) is 1.59. The van der Waals surface area contributed by atoms with E-state index in [4.69, 9.17) is 14.7 Å². The van der Waals surface area contributed by atoms with Crippen LogP contribution < -0.4 is 10.2 Å². The lowest BCUT2D eigenvalue weighted by molar-refractivity contribution is -0.384. The summed E-state index contributed by atoms with van der Waals surface area (Å²) in [6.07, 6.45) is 0.905. The molecule has 2 aliphatic rings. The van der Waals surface area contributed by atoms with Gasteiger partial charge in [0.2, 0.25) is 0 Å². The second-order valence-corrected chi connectivity index (χ2v) is 6.13. The maximum absolute atomic E-state index is 10.8. The minimum Gasteiger partial charge on any atom is -0.378 e. The van der Waals surface area contributed by atoms with Gasteiger partial charge in [0.25, 0.3) is 5.69 Å². The summed E-state index contributed by atoms with van der Waals surface area (Å²) in [4.78, 5) is 22.2. The molecule has 3 heterocycles. The van der Waals surface area contributed by atoms with Crippen LogP contribution in [-0.4, -0.2) is 47.7 Å². The molecular weight excluding hydrogens is 322 g/mol. The van der Waals surface area contributed by atoms with Gasteiger partial charge in [-0.3, -0.25) is 10.1 Å². The van der Waals surface area contributed by atoms with Crippen molar-refractivity contribution in [3.63, 3.8) is 0 Å². The van der Waals surface area contributed by atoms with E-state index in [1.807, 2.05) is 0 Å². The Kier molecular flexibility index (Phi) is 4.29. The van der Waals surface area contributed by atoms with Crippen LogP contribution in [0.4, 0.5) is 11.5 Å². The van der Waals surface area contributed by atoms with Gasteiger partial charge in [0.1, 0.15) is 5.82 Å². The number of hydrogen-bond acceptors (Lipinski definition) is 7. The Labute approximate surface area is 145 Å². The van der Waals surface area contributed by atoms with Gasteiger partial charge in [0.05, 0.1) is 23.8 Å². The third kappa shape index (κ3) is 3.18. The molecule has 8 nitrogen and oxygen atoms in total. The van der Waals surface area contributed by atoms with E-state index >= 15 is 0 Å². The number of nitrogens with zero attached hydrogens (tertiary/aromatic N) is 4. The molecule has 1 aromatic carbocycles. The van der Waals surface area contributed by atoms with E-state index < -0.39 is 4.92 Å². The Hall–Kier alpha value is -2.58. The van der Waals surface area contributed by atoms with Crippen molar-refractivity contribution < 1.29 is 9.66 Å². The first kappa shape index (κ1) is 15.9. The van der Waals surface area contributed by atoms with Gasteiger partial charge in [-0.2, -0.15) is 0 Å². The van der Waals surface area contributed by atoms with Gasteiger partial charge in [0.15, 0.2) is 5.82 Å². The van der Waals surface area contributed by atoms with E-state index in [1.165, 1.54) is 17.7 Å². The highest BCUT2D eigenvalue weighted by atomic mass is 16.6. The molecule has 0 aliphatic carbocycles. The Morgan fingerprint density at radius 1 is 1.16 bits per heavy atom. The first-order valence-electron chi connectivity index (χ1n) is 8.40. The average molecular weight is 341 g/mol. The highest BCUT2D eigenvalue weighted by molar-refractivity contribution is 5.62. The fourth-order valence-corrected chi connectivity index (χ4v) is 3.24. The van der Waals surface area contributed by atoms with Gasteiger partial charge >= 0.3 is 0 Å². The molecule has 130 valence electrons. The van der Waals surface area contributed by atoms with Crippen LogP contribution in [0.1, 0.15) is 11.3 Å². The monoisotopic (exact) mass is 341 g/mol. The lowest BCUT2D eigenvalue weighted by atomic mass is 10.1. The summed E-state index contributed by atoms with van der Waals surface area (Å²) in [5.41, 5.74) is 3.06. The van der Waals surface area contributed by atoms with E-state index in [0.717, 1.165) is 49.7 Å². The molecule has 25 heavy (non-hydrogen) atoms. The van der Waals surface area contributed by atoms with E-state index in [1.54, 1.807) is 12.1 Å². The predicted molar refractivity (Wildman–Crippen MR) is 92.6 cm³/mol. The summed E-state index contributed by atoms with van der Waals surface area (Å²) in [6, 6.07) is 6.40. The summed E-state index contributed by atoms with van der Waals surface area (Å²) in [6.45, 7) is 4.67. The summed E-state index contributed by atoms with van der Waals surface area (Å²) in [5, 5.41) is 14.2. The van der Waals surface area contributed by atoms with Crippen LogP contribution >= 0.6 is 0 Å². The molecule has 0 spiro atoms. The number of nitro groups is 1. The average Bonchev–Trinajstić information content (AvgIpc) is 2.68. The van der Waals surface area contributed by atoms with Crippen molar-refractivity contribution in [2.75, 3.05) is 37.7 Å². The second-order valence-electron chi connectivity index (χ2n) is 6.13. The normalized spacial score (nSPS) is 17.2. The minimum atomic E-state index is -0.402. The fraction of sp³-hybridized carbons (Fsp3) is 0.412. The van der Waals surface area contributed by atoms with Crippen molar-refractivity contribution in [3.05, 3.63) is 45.6 Å². The predicted octanol–water partition coefficient (Wildman–Crippen LogP) is 1.53. The molecule has 1 aromatic heterocycles. The van der Waals surface area contributed by atoms with Crippen LogP contribution in [0.3, 0.4) is 0 Å². The van der Waals surface area contributed by atoms with Crippen LogP contribution in [-0.2, 0) is 17.7 Å². The minimum absolute atomic E-state index is 0.0665. The van der Waals surface area contributed by atoms with Crippen molar-refractivity contribution in [3.8, 4) is 11.4 Å². The van der Waals surface area contributed by atoms with E-state index in [2.05, 4.69) is 10.2 Å². The lowest BCUT2D eigenvalue weighted by Gasteiger charge is -2.31. The Balaban J connectivity index is 1.76. The van der Waals surface area contributed by atoms with Crippen molar-refractivity contribution in [1.29, 1.82) is 0 Å². The number of rotatable bonds is 3. The summed E-state index contributed by atoms with van der Waals surface area (Å²) >= 11 is 0. The van der Waals surface area contributed by atoms with Crippen LogP contribution in [0, 0.1) is 10.1 Å². The number of ether oxygens (including phenoxy) is 1. The van der Waals surface area contributed by atoms with E-state index in [0.29, 0.717) is 19.0 Å². The van der Waals surface area contributed by atoms with Crippen molar-refractivity contribution in [1.82, 2.24) is 15.3 Å². The topological polar surface area (TPSA) is 93.4 Å². The second kappa shape index (κ2) is 6.73. The molecule has 1 N–H and O–H groups in total. The third-order valence-corrected chi connectivity index (χ3v) is 4.56. The maximum Gasteiger partial charge on any atom is 0.269 e.